The zero-order valence-corrected chi connectivity index (χ0v) is 23.3. The van der Waals surface area contributed by atoms with Gasteiger partial charge >= 0.3 is 6.18 Å². The third-order valence-corrected chi connectivity index (χ3v) is 6.96. The summed E-state index contributed by atoms with van der Waals surface area (Å²) in [5.41, 5.74) is 1.50. The van der Waals surface area contributed by atoms with Crippen molar-refractivity contribution in [1.82, 2.24) is 20.5 Å². The maximum Gasteiger partial charge on any atom is 0.417 e. The molecule has 1 unspecified atom stereocenters. The van der Waals surface area contributed by atoms with Gasteiger partial charge in [-0.3, -0.25) is 20.0 Å². The Kier molecular flexibility index (Phi) is 9.97. The zero-order chi connectivity index (χ0) is 28.8. The van der Waals surface area contributed by atoms with Crippen LogP contribution in [0.25, 0.3) is 0 Å². The van der Waals surface area contributed by atoms with Gasteiger partial charge in [-0.2, -0.15) is 18.4 Å². The molecular formula is C29H39F3N6O. The van der Waals surface area contributed by atoms with Crippen LogP contribution in [-0.2, 0) is 11.0 Å². The second-order valence-corrected chi connectivity index (χ2v) is 11.4. The van der Waals surface area contributed by atoms with Crippen LogP contribution in [0.2, 0.25) is 0 Å². The molecule has 2 N–H and O–H groups in total. The van der Waals surface area contributed by atoms with Crippen molar-refractivity contribution in [3.63, 3.8) is 0 Å². The summed E-state index contributed by atoms with van der Waals surface area (Å²) in [6.07, 6.45) is -3.20. The van der Waals surface area contributed by atoms with E-state index in [0.717, 1.165) is 49.7 Å². The summed E-state index contributed by atoms with van der Waals surface area (Å²) in [4.78, 5) is 21.8. The SMILES string of the molecule is CC(C)C[C@H](NC(c1ccc(N2CCN(C(C)(C)C)CC2)cc1)c1ccc(C(F)(F)F)cn1)C(=O)NCC#N. The van der Waals surface area contributed by atoms with E-state index in [-0.39, 0.29) is 23.9 Å². The molecule has 1 aromatic carbocycles. The van der Waals surface area contributed by atoms with Crippen LogP contribution in [0.15, 0.2) is 42.6 Å². The van der Waals surface area contributed by atoms with Crippen molar-refractivity contribution in [2.45, 2.75) is 64.8 Å². The number of aromatic nitrogens is 1. The number of carbonyl (C=O) groups is 1. The van der Waals surface area contributed by atoms with Crippen LogP contribution in [0.1, 0.15) is 63.9 Å². The molecule has 1 amide bonds. The Morgan fingerprint density at radius 2 is 1.69 bits per heavy atom. The molecule has 0 saturated carbocycles. The summed E-state index contributed by atoms with van der Waals surface area (Å²) in [6, 6.07) is 10.8. The Labute approximate surface area is 229 Å². The van der Waals surface area contributed by atoms with Crippen LogP contribution in [-0.4, -0.2) is 60.1 Å². The molecule has 212 valence electrons. The molecule has 39 heavy (non-hydrogen) atoms. The second-order valence-electron chi connectivity index (χ2n) is 11.4. The summed E-state index contributed by atoms with van der Waals surface area (Å²) >= 11 is 0. The van der Waals surface area contributed by atoms with Gasteiger partial charge in [0.1, 0.15) is 6.54 Å². The molecule has 2 atom stereocenters. The molecule has 0 aliphatic carbocycles. The number of nitriles is 1. The standard InChI is InChI=1S/C29H39F3N6O/c1-20(2)18-25(27(39)34-13-12-33)36-26(24-11-8-22(19-35-24)29(30,31)32)21-6-9-23(10-7-21)37-14-16-38(17-15-37)28(3,4)5/h6-11,19-20,25-26,36H,13-18H2,1-5H3,(H,34,39)/t25-,26?/m0/s1. The summed E-state index contributed by atoms with van der Waals surface area (Å²) in [6.45, 7) is 14.2. The molecule has 2 aromatic rings. The van der Waals surface area contributed by atoms with E-state index in [2.05, 4.69) is 46.2 Å². The lowest BCUT2D eigenvalue weighted by molar-refractivity contribution is -0.137. The molecule has 1 aromatic heterocycles. The van der Waals surface area contributed by atoms with Crippen molar-refractivity contribution >= 4 is 11.6 Å². The lowest BCUT2D eigenvalue weighted by atomic mass is 9.97. The number of hydrogen-bond acceptors (Lipinski definition) is 6. The number of amides is 1. The van der Waals surface area contributed by atoms with Crippen LogP contribution in [0.3, 0.4) is 0 Å². The number of rotatable bonds is 9. The van der Waals surface area contributed by atoms with E-state index in [0.29, 0.717) is 12.1 Å². The van der Waals surface area contributed by atoms with Gasteiger partial charge in [-0.15, -0.1) is 0 Å². The van der Waals surface area contributed by atoms with Gasteiger partial charge in [-0.1, -0.05) is 26.0 Å². The topological polar surface area (TPSA) is 84.3 Å². The van der Waals surface area contributed by atoms with E-state index in [1.54, 1.807) is 0 Å². The summed E-state index contributed by atoms with van der Waals surface area (Å²) < 4.78 is 39.6. The Morgan fingerprint density at radius 3 is 2.18 bits per heavy atom. The number of nitrogens with one attached hydrogen (secondary N) is 2. The summed E-state index contributed by atoms with van der Waals surface area (Å²) in [5, 5.41) is 14.8. The van der Waals surface area contributed by atoms with Crippen molar-refractivity contribution in [2.75, 3.05) is 37.6 Å². The quantitative estimate of drug-likeness (QED) is 0.443. The molecular weight excluding hydrogens is 505 g/mol. The van der Waals surface area contributed by atoms with E-state index < -0.39 is 23.8 Å². The van der Waals surface area contributed by atoms with E-state index >= 15 is 0 Å². The van der Waals surface area contributed by atoms with Crippen LogP contribution in [0.4, 0.5) is 18.9 Å². The average Bonchev–Trinajstić information content (AvgIpc) is 2.88. The van der Waals surface area contributed by atoms with Gasteiger partial charge < -0.3 is 10.2 Å². The minimum Gasteiger partial charge on any atom is -0.369 e. The molecule has 0 radical (unpaired) electrons. The van der Waals surface area contributed by atoms with E-state index in [4.69, 9.17) is 5.26 Å². The first-order chi connectivity index (χ1) is 18.3. The third-order valence-electron chi connectivity index (χ3n) is 6.96. The maximum atomic E-state index is 13.2. The molecule has 0 spiro atoms. The van der Waals surface area contributed by atoms with Crippen LogP contribution in [0.5, 0.6) is 0 Å². The molecule has 1 aliphatic heterocycles. The first-order valence-corrected chi connectivity index (χ1v) is 13.3. The van der Waals surface area contributed by atoms with Crippen molar-refractivity contribution in [3.8, 4) is 6.07 Å². The number of benzene rings is 1. The predicted molar refractivity (Wildman–Crippen MR) is 146 cm³/mol. The maximum absolute atomic E-state index is 13.2. The van der Waals surface area contributed by atoms with Crippen molar-refractivity contribution in [2.24, 2.45) is 5.92 Å². The number of pyridine rings is 1. The minimum absolute atomic E-state index is 0.121. The highest BCUT2D eigenvalue weighted by Crippen LogP contribution is 2.31. The number of alkyl halides is 3. The lowest BCUT2D eigenvalue weighted by Gasteiger charge is -2.43. The normalized spacial score (nSPS) is 16.6. The Bertz CT molecular complexity index is 1110. The monoisotopic (exact) mass is 544 g/mol. The first-order valence-electron chi connectivity index (χ1n) is 13.3. The fraction of sp³-hybridized carbons (Fsp3) is 0.552. The number of halogens is 3. The van der Waals surface area contributed by atoms with Gasteiger partial charge in [-0.05, 0) is 62.9 Å². The summed E-state index contributed by atoms with van der Waals surface area (Å²) in [5.74, 6) is -0.179. The van der Waals surface area contributed by atoms with Crippen molar-refractivity contribution in [3.05, 3.63) is 59.4 Å². The highest BCUT2D eigenvalue weighted by atomic mass is 19.4. The highest BCUT2D eigenvalue weighted by molar-refractivity contribution is 5.82. The van der Waals surface area contributed by atoms with Gasteiger partial charge in [0.05, 0.1) is 29.4 Å². The molecule has 7 nitrogen and oxygen atoms in total. The van der Waals surface area contributed by atoms with Gasteiger partial charge in [-0.25, -0.2) is 0 Å². The third kappa shape index (κ3) is 8.41. The second kappa shape index (κ2) is 12.8. The minimum atomic E-state index is -4.50. The van der Waals surface area contributed by atoms with Crippen molar-refractivity contribution < 1.29 is 18.0 Å². The Balaban J connectivity index is 1.88. The van der Waals surface area contributed by atoms with Crippen LogP contribution < -0.4 is 15.5 Å². The highest BCUT2D eigenvalue weighted by Gasteiger charge is 2.32. The fourth-order valence-corrected chi connectivity index (χ4v) is 4.78. The Morgan fingerprint density at radius 1 is 1.05 bits per heavy atom. The molecule has 1 saturated heterocycles. The summed E-state index contributed by atoms with van der Waals surface area (Å²) in [7, 11) is 0. The predicted octanol–water partition coefficient (Wildman–Crippen LogP) is 4.75. The van der Waals surface area contributed by atoms with Gasteiger partial charge in [0.25, 0.3) is 0 Å². The number of carbonyl (C=O) groups excluding carboxylic acids is 1. The first kappa shape index (κ1) is 30.4. The molecule has 3 rings (SSSR count). The Hall–Kier alpha value is -3.16. The van der Waals surface area contributed by atoms with Crippen LogP contribution >= 0.6 is 0 Å². The molecule has 2 heterocycles. The van der Waals surface area contributed by atoms with E-state index in [1.165, 1.54) is 6.07 Å². The number of anilines is 1. The molecule has 10 heteroatoms. The fourth-order valence-electron chi connectivity index (χ4n) is 4.78. The largest absolute Gasteiger partial charge is 0.417 e. The zero-order valence-electron chi connectivity index (χ0n) is 23.3. The van der Waals surface area contributed by atoms with Gasteiger partial charge in [0.2, 0.25) is 5.91 Å². The molecule has 1 fully saturated rings. The van der Waals surface area contributed by atoms with Gasteiger partial charge in [0.15, 0.2) is 0 Å². The van der Waals surface area contributed by atoms with E-state index in [1.807, 2.05) is 44.2 Å². The number of nitrogens with zero attached hydrogens (tertiary/aromatic N) is 4. The van der Waals surface area contributed by atoms with Crippen LogP contribution in [0, 0.1) is 17.2 Å². The smallest absolute Gasteiger partial charge is 0.369 e. The van der Waals surface area contributed by atoms with Crippen molar-refractivity contribution in [1.29, 1.82) is 5.26 Å². The van der Waals surface area contributed by atoms with E-state index in [9.17, 15) is 18.0 Å². The number of hydrogen-bond donors (Lipinski definition) is 2. The lowest BCUT2D eigenvalue weighted by Crippen LogP contribution is -2.53. The molecule has 0 bridgehead atoms. The molecule has 1 aliphatic rings. The number of piperazine rings is 1. The van der Waals surface area contributed by atoms with Gasteiger partial charge in [0, 0.05) is 43.6 Å². The average molecular weight is 545 g/mol.